The van der Waals surface area contributed by atoms with E-state index in [0.29, 0.717) is 0 Å². The molecule has 1 aliphatic rings. The lowest BCUT2D eigenvalue weighted by atomic mass is 9.96. The second-order valence-electron chi connectivity index (χ2n) is 5.34. The molecule has 17 heavy (non-hydrogen) atoms. The number of aryl methyl sites for hydroxylation is 1. The first kappa shape index (κ1) is 12.6. The van der Waals surface area contributed by atoms with E-state index in [9.17, 15) is 5.11 Å². The normalized spacial score (nSPS) is 18.5. The van der Waals surface area contributed by atoms with Gasteiger partial charge in [0.15, 0.2) is 0 Å². The first-order chi connectivity index (χ1) is 8.29. The first-order valence-corrected chi connectivity index (χ1v) is 7.06. The van der Waals surface area contributed by atoms with Crippen molar-refractivity contribution >= 4 is 0 Å². The van der Waals surface area contributed by atoms with Crippen LogP contribution in [0.4, 0.5) is 0 Å². The first-order valence-electron chi connectivity index (χ1n) is 7.06. The molecule has 1 unspecified atom stereocenters. The molecule has 0 aromatic heterocycles. The van der Waals surface area contributed by atoms with E-state index < -0.39 is 0 Å². The predicted octanol–water partition coefficient (Wildman–Crippen LogP) is 4.25. The average Bonchev–Trinajstić information content (AvgIpc) is 2.89. The van der Waals surface area contributed by atoms with Crippen molar-refractivity contribution in [3.63, 3.8) is 0 Å². The van der Waals surface area contributed by atoms with Crippen molar-refractivity contribution in [2.75, 3.05) is 0 Å². The molecule has 1 aliphatic carbocycles. The van der Waals surface area contributed by atoms with Crippen molar-refractivity contribution < 1.29 is 5.11 Å². The summed E-state index contributed by atoms with van der Waals surface area (Å²) in [7, 11) is 0. The third kappa shape index (κ3) is 3.57. The quantitative estimate of drug-likeness (QED) is 0.804. The minimum Gasteiger partial charge on any atom is -0.388 e. The Morgan fingerprint density at radius 1 is 1.18 bits per heavy atom. The summed E-state index contributed by atoms with van der Waals surface area (Å²) in [5, 5.41) is 10.1. The molecular formula is C16H24O. The van der Waals surface area contributed by atoms with Gasteiger partial charge in [0.2, 0.25) is 0 Å². The molecular weight excluding hydrogens is 208 g/mol. The lowest BCUT2D eigenvalue weighted by Crippen LogP contribution is -2.01. The molecule has 1 aromatic rings. The molecule has 0 heterocycles. The molecule has 0 amide bonds. The van der Waals surface area contributed by atoms with Gasteiger partial charge in [-0.3, -0.25) is 0 Å². The van der Waals surface area contributed by atoms with Gasteiger partial charge >= 0.3 is 0 Å². The maximum Gasteiger partial charge on any atom is 0.0790 e. The lowest BCUT2D eigenvalue weighted by molar-refractivity contribution is 0.157. The molecule has 1 nitrogen and oxygen atoms in total. The van der Waals surface area contributed by atoms with Gasteiger partial charge in [0, 0.05) is 0 Å². The van der Waals surface area contributed by atoms with E-state index in [4.69, 9.17) is 0 Å². The van der Waals surface area contributed by atoms with E-state index in [2.05, 4.69) is 31.2 Å². The second kappa shape index (κ2) is 6.20. The van der Waals surface area contributed by atoms with Crippen LogP contribution in [0.25, 0.3) is 0 Å². The summed E-state index contributed by atoms with van der Waals surface area (Å²) in [6.45, 7) is 2.16. The highest BCUT2D eigenvalue weighted by Gasteiger charge is 2.17. The van der Waals surface area contributed by atoms with Gasteiger partial charge in [0.05, 0.1) is 6.10 Å². The van der Waals surface area contributed by atoms with Crippen LogP contribution in [0.15, 0.2) is 24.3 Å². The minimum atomic E-state index is -0.262. The second-order valence-corrected chi connectivity index (χ2v) is 5.34. The monoisotopic (exact) mass is 232 g/mol. The van der Waals surface area contributed by atoms with Crippen molar-refractivity contribution in [2.45, 2.75) is 58.0 Å². The molecule has 0 spiro atoms. The Labute approximate surface area is 105 Å². The summed E-state index contributed by atoms with van der Waals surface area (Å²) >= 11 is 0. The summed E-state index contributed by atoms with van der Waals surface area (Å²) < 4.78 is 0. The summed E-state index contributed by atoms with van der Waals surface area (Å²) in [5.41, 5.74) is 2.43. The predicted molar refractivity (Wildman–Crippen MR) is 72.0 cm³/mol. The van der Waals surface area contributed by atoms with Crippen LogP contribution in [-0.2, 0) is 6.42 Å². The summed E-state index contributed by atoms with van der Waals surface area (Å²) in [6.07, 6.45) is 8.47. The minimum absolute atomic E-state index is 0.262. The highest BCUT2D eigenvalue weighted by molar-refractivity contribution is 5.24. The third-order valence-electron chi connectivity index (χ3n) is 4.10. The standard InChI is InChI=1S/C16H24O/c1-2-13-7-10-15(11-8-13)16(17)12-9-14-5-3-4-6-14/h7-8,10-11,14,16-17H,2-6,9,12H2,1H3. The molecule has 2 rings (SSSR count). The molecule has 94 valence electrons. The molecule has 1 heteroatoms. The molecule has 1 N–H and O–H groups in total. The van der Waals surface area contributed by atoms with Crippen molar-refractivity contribution in [3.05, 3.63) is 35.4 Å². The van der Waals surface area contributed by atoms with Crippen LogP contribution in [0.2, 0.25) is 0 Å². The molecule has 0 radical (unpaired) electrons. The largest absolute Gasteiger partial charge is 0.388 e. The molecule has 0 bridgehead atoms. The Balaban J connectivity index is 1.83. The fourth-order valence-corrected chi connectivity index (χ4v) is 2.83. The zero-order chi connectivity index (χ0) is 12.1. The number of aliphatic hydroxyl groups excluding tert-OH is 1. The number of hydrogen-bond donors (Lipinski definition) is 1. The van der Waals surface area contributed by atoms with Gasteiger partial charge in [-0.25, -0.2) is 0 Å². The van der Waals surface area contributed by atoms with Crippen molar-refractivity contribution in [2.24, 2.45) is 5.92 Å². The Morgan fingerprint density at radius 2 is 1.82 bits per heavy atom. The number of aliphatic hydroxyl groups is 1. The van der Waals surface area contributed by atoms with Crippen LogP contribution in [0.1, 0.15) is 62.7 Å². The van der Waals surface area contributed by atoms with Crippen LogP contribution < -0.4 is 0 Å². The van der Waals surface area contributed by atoms with Gasteiger partial charge in [-0.1, -0.05) is 56.9 Å². The van der Waals surface area contributed by atoms with Gasteiger partial charge in [-0.2, -0.15) is 0 Å². The van der Waals surface area contributed by atoms with Gasteiger partial charge in [-0.15, -0.1) is 0 Å². The maximum absolute atomic E-state index is 10.1. The van der Waals surface area contributed by atoms with E-state index in [1.807, 2.05) is 0 Å². The van der Waals surface area contributed by atoms with Crippen LogP contribution in [-0.4, -0.2) is 5.11 Å². The van der Waals surface area contributed by atoms with Crippen molar-refractivity contribution in [3.8, 4) is 0 Å². The Kier molecular flexibility index (Phi) is 4.61. The molecule has 1 atom stereocenters. The Bertz CT molecular complexity index is 322. The number of benzene rings is 1. The van der Waals surface area contributed by atoms with Gasteiger partial charge in [0.25, 0.3) is 0 Å². The molecule has 0 aliphatic heterocycles. The molecule has 1 aromatic carbocycles. The van der Waals surface area contributed by atoms with Crippen LogP contribution in [0, 0.1) is 5.92 Å². The summed E-state index contributed by atoms with van der Waals surface area (Å²) in [4.78, 5) is 0. The van der Waals surface area contributed by atoms with Gasteiger partial charge in [0.1, 0.15) is 0 Å². The third-order valence-corrected chi connectivity index (χ3v) is 4.10. The Morgan fingerprint density at radius 3 is 2.41 bits per heavy atom. The fraction of sp³-hybridized carbons (Fsp3) is 0.625. The maximum atomic E-state index is 10.1. The van der Waals surface area contributed by atoms with Crippen LogP contribution in [0.5, 0.6) is 0 Å². The molecule has 1 fully saturated rings. The SMILES string of the molecule is CCc1ccc(C(O)CCC2CCCC2)cc1. The fourth-order valence-electron chi connectivity index (χ4n) is 2.83. The Hall–Kier alpha value is -0.820. The van der Waals surface area contributed by atoms with Gasteiger partial charge < -0.3 is 5.11 Å². The highest BCUT2D eigenvalue weighted by Crippen LogP contribution is 2.31. The number of hydrogen-bond acceptors (Lipinski definition) is 1. The van der Waals surface area contributed by atoms with E-state index >= 15 is 0 Å². The topological polar surface area (TPSA) is 20.2 Å². The number of rotatable bonds is 5. The van der Waals surface area contributed by atoms with Gasteiger partial charge in [-0.05, 0) is 36.3 Å². The zero-order valence-corrected chi connectivity index (χ0v) is 10.9. The van der Waals surface area contributed by atoms with Crippen molar-refractivity contribution in [1.82, 2.24) is 0 Å². The zero-order valence-electron chi connectivity index (χ0n) is 10.9. The lowest BCUT2D eigenvalue weighted by Gasteiger charge is -2.14. The van der Waals surface area contributed by atoms with Crippen LogP contribution >= 0.6 is 0 Å². The van der Waals surface area contributed by atoms with Crippen LogP contribution in [0.3, 0.4) is 0 Å². The van der Waals surface area contributed by atoms with E-state index in [1.54, 1.807) is 0 Å². The van der Waals surface area contributed by atoms with E-state index in [0.717, 1.165) is 24.3 Å². The molecule has 0 saturated heterocycles. The summed E-state index contributed by atoms with van der Waals surface area (Å²) in [5.74, 6) is 0.875. The van der Waals surface area contributed by atoms with E-state index in [1.165, 1.54) is 37.7 Å². The average molecular weight is 232 g/mol. The smallest absolute Gasteiger partial charge is 0.0790 e. The molecule has 1 saturated carbocycles. The van der Waals surface area contributed by atoms with Crippen molar-refractivity contribution in [1.29, 1.82) is 0 Å². The van der Waals surface area contributed by atoms with E-state index in [-0.39, 0.29) is 6.10 Å². The highest BCUT2D eigenvalue weighted by atomic mass is 16.3. The summed E-state index contributed by atoms with van der Waals surface area (Å²) in [6, 6.07) is 8.43.